The molecule has 196 valence electrons. The number of benzene rings is 3. The van der Waals surface area contributed by atoms with Gasteiger partial charge in [-0.15, -0.1) is 0 Å². The molecule has 2 amide bonds. The van der Waals surface area contributed by atoms with Gasteiger partial charge in [0.05, 0.1) is 10.6 Å². The number of halogens is 3. The molecule has 0 fully saturated rings. The zero-order chi connectivity index (χ0) is 27.3. The first-order chi connectivity index (χ1) is 17.4. The van der Waals surface area contributed by atoms with Crippen LogP contribution in [0, 0.1) is 12.7 Å². The monoisotopic (exact) mass is 565 g/mol. The van der Waals surface area contributed by atoms with Crippen LogP contribution in [0.2, 0.25) is 10.0 Å². The highest BCUT2D eigenvalue weighted by Gasteiger charge is 2.32. The molecule has 0 aliphatic heterocycles. The molecule has 1 N–H and O–H groups in total. The normalized spacial score (nSPS) is 12.1. The second-order valence-corrected chi connectivity index (χ2v) is 11.1. The Kier molecular flexibility index (Phi) is 9.17. The summed E-state index contributed by atoms with van der Waals surface area (Å²) >= 11 is 12.3. The lowest BCUT2D eigenvalue weighted by atomic mass is 10.1. The van der Waals surface area contributed by atoms with Crippen molar-refractivity contribution < 1.29 is 22.4 Å². The van der Waals surface area contributed by atoms with Gasteiger partial charge in [0.25, 0.3) is 10.0 Å². The third-order valence-corrected chi connectivity index (χ3v) is 8.15. The maximum atomic E-state index is 13.7. The summed E-state index contributed by atoms with van der Waals surface area (Å²) in [7, 11) is -2.84. The number of amides is 2. The second kappa shape index (κ2) is 11.9. The van der Waals surface area contributed by atoms with Gasteiger partial charge >= 0.3 is 0 Å². The largest absolute Gasteiger partial charge is 0.357 e. The van der Waals surface area contributed by atoms with Crippen LogP contribution in [0.5, 0.6) is 0 Å². The Morgan fingerprint density at radius 2 is 1.62 bits per heavy atom. The first kappa shape index (κ1) is 28.4. The van der Waals surface area contributed by atoms with E-state index in [4.69, 9.17) is 23.2 Å². The van der Waals surface area contributed by atoms with E-state index in [1.165, 1.54) is 24.9 Å². The van der Waals surface area contributed by atoms with Crippen molar-refractivity contribution in [3.05, 3.63) is 93.7 Å². The number of anilines is 1. The van der Waals surface area contributed by atoms with Crippen molar-refractivity contribution in [1.29, 1.82) is 0 Å². The SMILES string of the molecule is CNC(=O)C(C)N(Cc1ccc(Cl)cc1Cl)C(=O)CN(c1ccc(C)cc1)S(=O)(=O)c1ccc(F)cc1. The van der Waals surface area contributed by atoms with Gasteiger partial charge in [0.1, 0.15) is 18.4 Å². The minimum absolute atomic E-state index is 0.0677. The molecule has 1 atom stereocenters. The summed E-state index contributed by atoms with van der Waals surface area (Å²) in [5, 5.41) is 3.21. The standard InChI is InChI=1S/C26H26Cl2FN3O4S/c1-17-4-10-22(11-5-17)32(37(35,36)23-12-8-21(29)9-13-23)16-25(33)31(18(2)26(34)30-3)15-19-6-7-20(27)14-24(19)28/h4-14,18H,15-16H2,1-3H3,(H,30,34). The van der Waals surface area contributed by atoms with Crippen LogP contribution in [0.3, 0.4) is 0 Å². The number of nitrogens with zero attached hydrogens (tertiary/aromatic N) is 2. The predicted octanol–water partition coefficient (Wildman–Crippen LogP) is 4.80. The molecule has 0 saturated carbocycles. The van der Waals surface area contributed by atoms with Crippen molar-refractivity contribution in [1.82, 2.24) is 10.2 Å². The van der Waals surface area contributed by atoms with Crippen molar-refractivity contribution in [2.24, 2.45) is 0 Å². The highest BCUT2D eigenvalue weighted by Crippen LogP contribution is 2.27. The summed E-state index contributed by atoms with van der Waals surface area (Å²) in [4.78, 5) is 27.2. The Labute approximate surface area is 225 Å². The van der Waals surface area contributed by atoms with Gasteiger partial charge in [-0.05, 0) is 67.9 Å². The summed E-state index contributed by atoms with van der Waals surface area (Å²) in [6, 6.07) is 14.7. The predicted molar refractivity (Wildman–Crippen MR) is 143 cm³/mol. The van der Waals surface area contributed by atoms with Gasteiger partial charge in [0.15, 0.2) is 0 Å². The number of rotatable bonds is 9. The van der Waals surface area contributed by atoms with E-state index in [2.05, 4.69) is 5.32 Å². The number of nitrogens with one attached hydrogen (secondary N) is 1. The maximum absolute atomic E-state index is 13.7. The van der Waals surface area contributed by atoms with E-state index in [9.17, 15) is 22.4 Å². The van der Waals surface area contributed by atoms with E-state index in [0.29, 0.717) is 15.6 Å². The Bertz CT molecular complexity index is 1380. The second-order valence-electron chi connectivity index (χ2n) is 8.35. The minimum Gasteiger partial charge on any atom is -0.357 e. The van der Waals surface area contributed by atoms with Gasteiger partial charge in [-0.3, -0.25) is 13.9 Å². The maximum Gasteiger partial charge on any atom is 0.264 e. The molecule has 0 aromatic heterocycles. The van der Waals surface area contributed by atoms with Crippen molar-refractivity contribution in [3.8, 4) is 0 Å². The molecule has 0 spiro atoms. The molecule has 7 nitrogen and oxygen atoms in total. The van der Waals surface area contributed by atoms with Crippen LogP contribution in [0.4, 0.5) is 10.1 Å². The molecule has 0 radical (unpaired) electrons. The number of carbonyl (C=O) groups is 2. The summed E-state index contributed by atoms with van der Waals surface area (Å²) in [5.41, 5.74) is 1.65. The molecule has 3 rings (SSSR count). The van der Waals surface area contributed by atoms with E-state index in [0.717, 1.165) is 34.1 Å². The zero-order valence-corrected chi connectivity index (χ0v) is 22.7. The van der Waals surface area contributed by atoms with Crippen LogP contribution in [-0.2, 0) is 26.2 Å². The topological polar surface area (TPSA) is 86.8 Å². The molecule has 0 saturated heterocycles. The van der Waals surface area contributed by atoms with Gasteiger partial charge in [-0.25, -0.2) is 12.8 Å². The smallest absolute Gasteiger partial charge is 0.264 e. The molecule has 0 heterocycles. The number of sulfonamides is 1. The summed E-state index contributed by atoms with van der Waals surface area (Å²) in [5.74, 6) is -1.68. The molecule has 0 aliphatic carbocycles. The number of aryl methyl sites for hydroxylation is 1. The lowest BCUT2D eigenvalue weighted by molar-refractivity contribution is -0.139. The number of carbonyl (C=O) groups excluding carboxylic acids is 2. The van der Waals surface area contributed by atoms with Gasteiger partial charge in [0.2, 0.25) is 11.8 Å². The van der Waals surface area contributed by atoms with E-state index < -0.39 is 40.2 Å². The van der Waals surface area contributed by atoms with Crippen molar-refractivity contribution in [2.45, 2.75) is 31.3 Å². The molecule has 3 aromatic carbocycles. The van der Waals surface area contributed by atoms with E-state index in [1.54, 1.807) is 36.4 Å². The van der Waals surface area contributed by atoms with E-state index in [-0.39, 0.29) is 17.1 Å². The summed E-state index contributed by atoms with van der Waals surface area (Å²) in [6.07, 6.45) is 0. The first-order valence-corrected chi connectivity index (χ1v) is 13.4. The van der Waals surface area contributed by atoms with Gasteiger partial charge in [-0.2, -0.15) is 0 Å². The number of hydrogen-bond donors (Lipinski definition) is 1. The van der Waals surface area contributed by atoms with Crippen molar-refractivity contribution >= 4 is 50.7 Å². The molecule has 0 aliphatic rings. The fourth-order valence-corrected chi connectivity index (χ4v) is 5.48. The van der Waals surface area contributed by atoms with Crippen molar-refractivity contribution in [3.63, 3.8) is 0 Å². The zero-order valence-electron chi connectivity index (χ0n) is 20.4. The van der Waals surface area contributed by atoms with Gasteiger partial charge in [-0.1, -0.05) is 47.0 Å². The quantitative estimate of drug-likeness (QED) is 0.403. The van der Waals surface area contributed by atoms with Crippen LogP contribution < -0.4 is 9.62 Å². The average molecular weight is 566 g/mol. The van der Waals surface area contributed by atoms with E-state index in [1.807, 2.05) is 6.92 Å². The molecular weight excluding hydrogens is 540 g/mol. The van der Waals surface area contributed by atoms with Gasteiger partial charge in [0, 0.05) is 23.6 Å². The molecule has 37 heavy (non-hydrogen) atoms. The molecule has 3 aromatic rings. The van der Waals surface area contributed by atoms with Crippen LogP contribution in [-0.4, -0.2) is 44.8 Å². The lowest BCUT2D eigenvalue weighted by Gasteiger charge is -2.32. The Hall–Kier alpha value is -3.14. The highest BCUT2D eigenvalue weighted by atomic mass is 35.5. The summed E-state index contributed by atoms with van der Waals surface area (Å²) in [6.45, 7) is 2.69. The van der Waals surface area contributed by atoms with Crippen LogP contribution in [0.25, 0.3) is 0 Å². The summed E-state index contributed by atoms with van der Waals surface area (Å²) < 4.78 is 41.7. The number of likely N-dealkylation sites (N-methyl/N-ethyl adjacent to an activating group) is 1. The molecule has 1 unspecified atom stereocenters. The molecule has 11 heteroatoms. The lowest BCUT2D eigenvalue weighted by Crippen LogP contribution is -2.50. The highest BCUT2D eigenvalue weighted by molar-refractivity contribution is 7.92. The fourth-order valence-electron chi connectivity index (χ4n) is 3.60. The third kappa shape index (κ3) is 6.80. The Morgan fingerprint density at radius 1 is 1.00 bits per heavy atom. The van der Waals surface area contributed by atoms with Gasteiger partial charge < -0.3 is 10.2 Å². The minimum atomic E-state index is -4.28. The number of hydrogen-bond acceptors (Lipinski definition) is 4. The van der Waals surface area contributed by atoms with E-state index >= 15 is 0 Å². The van der Waals surface area contributed by atoms with Crippen molar-refractivity contribution in [2.75, 3.05) is 17.9 Å². The first-order valence-electron chi connectivity index (χ1n) is 11.2. The van der Waals surface area contributed by atoms with Crippen LogP contribution >= 0.6 is 23.2 Å². The molecule has 0 bridgehead atoms. The van der Waals surface area contributed by atoms with Crippen LogP contribution in [0.15, 0.2) is 71.6 Å². The van der Waals surface area contributed by atoms with Crippen LogP contribution in [0.1, 0.15) is 18.1 Å². The average Bonchev–Trinajstić information content (AvgIpc) is 2.86. The fraction of sp³-hybridized carbons (Fsp3) is 0.231. The Balaban J connectivity index is 2.04. The molecular formula is C26H26Cl2FN3O4S. The third-order valence-electron chi connectivity index (χ3n) is 5.77. The Morgan fingerprint density at radius 3 is 2.19 bits per heavy atom.